The van der Waals surface area contributed by atoms with E-state index in [-0.39, 0.29) is 79.9 Å². The maximum Gasteiger partial charge on any atom is 0.334 e. The van der Waals surface area contributed by atoms with Crippen LogP contribution in [0.15, 0.2) is 58.9 Å². The summed E-state index contributed by atoms with van der Waals surface area (Å²) in [6.07, 6.45) is 13.2. The minimum Gasteiger partial charge on any atom is -0.496 e. The summed E-state index contributed by atoms with van der Waals surface area (Å²) in [7, 11) is 0. The number of carbonyl (C=O) groups excluding carboxylic acids is 4. The van der Waals surface area contributed by atoms with Gasteiger partial charge in [-0.2, -0.15) is 0 Å². The molecule has 5 rings (SSSR count). The zero-order chi connectivity index (χ0) is 75.5. The molecular formula is C79H149NO14. The molecule has 0 N–H and O–H groups in total. The summed E-state index contributed by atoms with van der Waals surface area (Å²) in [6, 6.07) is 0. The first-order valence-corrected chi connectivity index (χ1v) is 34.2. The van der Waals surface area contributed by atoms with Crippen molar-refractivity contribution in [2.75, 3.05) is 46.2 Å². The number of nitrogens with zero attached hydrogens (tertiary/aromatic N) is 1. The first-order valence-electron chi connectivity index (χ1n) is 34.2. The maximum atomic E-state index is 11.5. The molecule has 0 aliphatic carbocycles. The van der Waals surface area contributed by atoms with E-state index in [0.29, 0.717) is 29.1 Å². The van der Waals surface area contributed by atoms with Crippen molar-refractivity contribution in [3.63, 3.8) is 0 Å². The Bertz CT molecular complexity index is 2290. The molecule has 4 fully saturated rings. The molecule has 0 bridgehead atoms. The zero-order valence-electron chi connectivity index (χ0n) is 68.6. The van der Waals surface area contributed by atoms with Crippen LogP contribution in [-0.4, -0.2) is 137 Å². The third kappa shape index (κ3) is 52.6. The van der Waals surface area contributed by atoms with Crippen LogP contribution < -0.4 is 0 Å². The Kier molecular flexibility index (Phi) is 41.1. The standard InChI is InChI=1S/C10H18O2.C10H20O.C10H18O.2C9H18O2.C8H11NO2.C8H16O2.C8H16O.C7H14O/c1-7(2)8(3)9(11)12-10(4,5)6;1-9(2,3)5-6-10(4)7-11-8-10;1-7(2)8(3)9(11)10(4,5)6;1-8(2,3)11-7-9(4)5-10-6-9;1-7-9(5,11-7)6-10-8(2,3)4;1-8(2,3)9-6(10)4-5-7(9)11;1-7(2,3)9-6-8(4,5)10-6;1-5-6-7-9-8(2,3)4;1-5-6-8-7(2,3)4/h1-6H3;5-8H2,1-4H3;1-6H3;5-7H2,1-4H3;7H,6H2,1-5H3;4-5H,1-3H3;6H,1-5H3;5-6H,7H2,1-4H3;5-6H,1-4H3/b;;;;;;;2*6-5+. The fourth-order valence-electron chi connectivity index (χ4n) is 6.88. The van der Waals surface area contributed by atoms with Crippen LogP contribution >= 0.6 is 0 Å². The molecule has 15 heteroatoms. The number of esters is 1. The van der Waals surface area contributed by atoms with Crippen LogP contribution in [0.4, 0.5) is 0 Å². The van der Waals surface area contributed by atoms with Gasteiger partial charge in [0.05, 0.1) is 86.6 Å². The van der Waals surface area contributed by atoms with Gasteiger partial charge < -0.3 is 47.4 Å². The first-order chi connectivity index (χ1) is 41.5. The average molecular weight is 1340 g/mol. The Morgan fingerprint density at radius 3 is 1.15 bits per heavy atom. The first kappa shape index (κ1) is 96.8. The van der Waals surface area contributed by atoms with Gasteiger partial charge in [0.1, 0.15) is 16.8 Å². The van der Waals surface area contributed by atoms with Crippen LogP contribution in [0.3, 0.4) is 0 Å². The largest absolute Gasteiger partial charge is 0.496 e. The molecule has 0 aromatic carbocycles. The van der Waals surface area contributed by atoms with Crippen molar-refractivity contribution < 1.29 is 66.5 Å². The second kappa shape index (κ2) is 39.9. The van der Waals surface area contributed by atoms with Crippen molar-refractivity contribution in [3.8, 4) is 0 Å². The molecular weight excluding hydrogens is 1190 g/mol. The van der Waals surface area contributed by atoms with Gasteiger partial charge in [0.25, 0.3) is 11.8 Å². The number of amides is 2. The van der Waals surface area contributed by atoms with Crippen molar-refractivity contribution in [2.24, 2.45) is 21.7 Å². The average Bonchev–Trinajstić information content (AvgIpc) is 1.63. The summed E-state index contributed by atoms with van der Waals surface area (Å²) in [6.45, 7) is 88.5. The predicted molar refractivity (Wildman–Crippen MR) is 392 cm³/mol. The highest BCUT2D eigenvalue weighted by molar-refractivity contribution is 6.13. The summed E-state index contributed by atoms with van der Waals surface area (Å²) in [4.78, 5) is 46.2. The highest BCUT2D eigenvalue weighted by Crippen LogP contribution is 2.39. The molecule has 5 aliphatic heterocycles. The third-order valence-corrected chi connectivity index (χ3v) is 13.7. The number of allylic oxidation sites excluding steroid dienone is 5. The van der Waals surface area contributed by atoms with E-state index in [1.165, 1.54) is 29.9 Å². The lowest BCUT2D eigenvalue weighted by atomic mass is 9.78. The fraction of sp³-hybridized carbons (Fsp3) is 0.823. The van der Waals surface area contributed by atoms with Crippen LogP contribution in [0.5, 0.6) is 0 Å². The molecule has 0 aromatic rings. The summed E-state index contributed by atoms with van der Waals surface area (Å²) in [5.74, 6) is -0.412. The molecule has 0 radical (unpaired) electrons. The Balaban J connectivity index is -0.000000486. The van der Waals surface area contributed by atoms with Gasteiger partial charge in [-0.1, -0.05) is 84.8 Å². The Morgan fingerprint density at radius 2 is 0.936 bits per heavy atom. The van der Waals surface area contributed by atoms with Gasteiger partial charge >= 0.3 is 5.97 Å². The maximum absolute atomic E-state index is 11.5. The number of ketones is 1. The van der Waals surface area contributed by atoms with Gasteiger partial charge in [-0.3, -0.25) is 19.3 Å². The lowest BCUT2D eigenvalue weighted by molar-refractivity contribution is -0.160. The smallest absolute Gasteiger partial charge is 0.334 e. The van der Waals surface area contributed by atoms with Crippen LogP contribution in [0.25, 0.3) is 0 Å². The van der Waals surface area contributed by atoms with Crippen molar-refractivity contribution in [1.29, 1.82) is 0 Å². The molecule has 15 nitrogen and oxygen atoms in total. The topological polar surface area (TPSA) is 170 Å². The van der Waals surface area contributed by atoms with Gasteiger partial charge in [-0.25, -0.2) is 4.79 Å². The summed E-state index contributed by atoms with van der Waals surface area (Å²) in [5, 5.41) is 0. The molecule has 0 spiro atoms. The SMILES string of the molecule is C/C=C/COC(C)(C)C.C/C=C/OC(C)(C)C.CC(C)(C)CCC1(C)COC1.CC(C)(C)N1C(=O)C=CC1=O.CC(C)(C)OC1OC1(C)C.CC(C)=C(C)C(=O)C(C)(C)C.CC(C)=C(C)C(=O)OC(C)(C)C.CC1(COC(C)(C)C)COC1.CC1OC1(C)COC(C)(C)C. The second-order valence-electron chi connectivity index (χ2n) is 36.4. The minimum atomic E-state index is -0.405. The lowest BCUT2D eigenvalue weighted by Crippen LogP contribution is -2.45. The van der Waals surface area contributed by atoms with Crippen molar-refractivity contribution in [1.82, 2.24) is 4.90 Å². The zero-order valence-corrected chi connectivity index (χ0v) is 68.6. The summed E-state index contributed by atoms with van der Waals surface area (Å²) in [5.41, 5.74) is 3.72. The molecule has 5 aliphatic rings. The highest BCUT2D eigenvalue weighted by Gasteiger charge is 2.51. The van der Waals surface area contributed by atoms with Gasteiger partial charge in [-0.15, -0.1) is 0 Å². The summed E-state index contributed by atoms with van der Waals surface area (Å²) >= 11 is 0. The van der Waals surface area contributed by atoms with E-state index in [4.69, 9.17) is 47.4 Å². The molecule has 5 heterocycles. The molecule has 0 saturated carbocycles. The molecule has 94 heavy (non-hydrogen) atoms. The number of ether oxygens (including phenoxy) is 10. The lowest BCUT2D eigenvalue weighted by Gasteiger charge is -2.39. The van der Waals surface area contributed by atoms with E-state index in [1.807, 2.05) is 184 Å². The normalized spacial score (nSPS) is 20.1. The van der Waals surface area contributed by atoms with Crippen LogP contribution in [0.2, 0.25) is 0 Å². The van der Waals surface area contributed by atoms with Crippen LogP contribution in [0, 0.1) is 21.7 Å². The van der Waals surface area contributed by atoms with E-state index in [9.17, 15) is 19.2 Å². The molecule has 3 atom stereocenters. The number of rotatable bonds is 12. The number of Topliss-reactive ketones (excluding diaryl/α,β-unsaturated/α-hetero) is 1. The monoisotopic (exact) mass is 1340 g/mol. The van der Waals surface area contributed by atoms with Crippen LogP contribution in [-0.2, 0) is 66.5 Å². The molecule has 2 amide bonds. The summed E-state index contributed by atoms with van der Waals surface area (Å²) < 4.78 is 53.5. The van der Waals surface area contributed by atoms with E-state index >= 15 is 0 Å². The number of epoxide rings is 2. The molecule has 0 aromatic heterocycles. The molecule has 4 saturated heterocycles. The highest BCUT2D eigenvalue weighted by atomic mass is 16.8. The van der Waals surface area contributed by atoms with Crippen LogP contribution in [0.1, 0.15) is 297 Å². The van der Waals surface area contributed by atoms with E-state index in [2.05, 4.69) is 111 Å². The van der Waals surface area contributed by atoms with Crippen molar-refractivity contribution >= 4 is 23.6 Å². The predicted octanol–water partition coefficient (Wildman–Crippen LogP) is 19.7. The van der Waals surface area contributed by atoms with Gasteiger partial charge in [-0.05, 0) is 252 Å². The quantitative estimate of drug-likeness (QED) is 0.0451. The number of hydrogen-bond acceptors (Lipinski definition) is 14. The van der Waals surface area contributed by atoms with E-state index in [0.717, 1.165) is 56.4 Å². The Labute approximate surface area is 578 Å². The fourth-order valence-corrected chi connectivity index (χ4v) is 6.88. The number of imide groups is 1. The third-order valence-electron chi connectivity index (χ3n) is 13.7. The second-order valence-corrected chi connectivity index (χ2v) is 36.4. The number of carbonyl (C=O) groups is 4. The minimum absolute atomic E-state index is 0.000486. The van der Waals surface area contributed by atoms with Gasteiger partial charge in [0.2, 0.25) is 0 Å². The Hall–Kier alpha value is -3.54. The van der Waals surface area contributed by atoms with E-state index in [1.54, 1.807) is 13.2 Å². The van der Waals surface area contributed by atoms with Gasteiger partial charge in [0, 0.05) is 39.5 Å². The molecule has 554 valence electrons. The molecule has 3 unspecified atom stereocenters. The van der Waals surface area contributed by atoms with Crippen molar-refractivity contribution in [3.05, 3.63) is 58.9 Å². The van der Waals surface area contributed by atoms with Gasteiger partial charge in [0.15, 0.2) is 12.1 Å². The number of hydrogen-bond donors (Lipinski definition) is 0. The van der Waals surface area contributed by atoms with Crippen molar-refractivity contribution in [2.45, 2.75) is 359 Å². The van der Waals surface area contributed by atoms with E-state index < -0.39 is 11.1 Å². The Morgan fingerprint density at radius 1 is 0.543 bits per heavy atom.